The Bertz CT molecular complexity index is 439. The Morgan fingerprint density at radius 3 is 1.45 bits per heavy atom. The highest BCUT2D eigenvalue weighted by Crippen LogP contribution is 2.14. The SMILES string of the molecule is CC[N+](CC)(CC)CCCCCCCCCCCCCCOc1ccccc1.[Cl-]. The Hall–Kier alpha value is -0.730. The second kappa shape index (κ2) is 19.2. The van der Waals surface area contributed by atoms with E-state index >= 15 is 0 Å². The van der Waals surface area contributed by atoms with E-state index in [0.717, 1.165) is 12.4 Å². The van der Waals surface area contributed by atoms with E-state index in [-0.39, 0.29) is 12.4 Å². The van der Waals surface area contributed by atoms with Crippen LogP contribution in [0, 0.1) is 0 Å². The van der Waals surface area contributed by atoms with E-state index in [1.165, 1.54) is 108 Å². The van der Waals surface area contributed by atoms with Gasteiger partial charge in [-0.15, -0.1) is 0 Å². The Balaban J connectivity index is 0.00000784. The minimum Gasteiger partial charge on any atom is -1.00 e. The molecular formula is C26H48ClNO. The summed E-state index contributed by atoms with van der Waals surface area (Å²) in [5, 5.41) is 0. The van der Waals surface area contributed by atoms with E-state index in [0.29, 0.717) is 0 Å². The summed E-state index contributed by atoms with van der Waals surface area (Å²) in [6, 6.07) is 10.2. The highest BCUT2D eigenvalue weighted by molar-refractivity contribution is 5.20. The number of hydrogen-bond acceptors (Lipinski definition) is 1. The van der Waals surface area contributed by atoms with Crippen molar-refractivity contribution in [2.75, 3.05) is 32.8 Å². The van der Waals surface area contributed by atoms with Crippen LogP contribution in [0.4, 0.5) is 0 Å². The number of hydrogen-bond donors (Lipinski definition) is 0. The molecule has 0 aliphatic rings. The summed E-state index contributed by atoms with van der Waals surface area (Å²) >= 11 is 0. The third-order valence-corrected chi connectivity index (χ3v) is 6.55. The number of rotatable bonds is 19. The Morgan fingerprint density at radius 2 is 1.00 bits per heavy atom. The molecule has 0 amide bonds. The maximum absolute atomic E-state index is 5.74. The molecule has 0 atom stereocenters. The molecule has 0 saturated heterocycles. The van der Waals surface area contributed by atoms with E-state index in [2.05, 4.69) is 20.8 Å². The fraction of sp³-hybridized carbons (Fsp3) is 0.769. The molecule has 1 aromatic carbocycles. The second-order valence-corrected chi connectivity index (χ2v) is 8.42. The molecule has 0 bridgehead atoms. The number of quaternary nitrogens is 1. The largest absolute Gasteiger partial charge is 1.00 e. The number of ether oxygens (including phenoxy) is 1. The topological polar surface area (TPSA) is 9.23 Å². The monoisotopic (exact) mass is 425 g/mol. The van der Waals surface area contributed by atoms with Gasteiger partial charge >= 0.3 is 0 Å². The number of unbranched alkanes of at least 4 members (excludes halogenated alkanes) is 11. The van der Waals surface area contributed by atoms with Crippen LogP contribution in [0.5, 0.6) is 5.75 Å². The van der Waals surface area contributed by atoms with Crippen molar-refractivity contribution in [2.24, 2.45) is 0 Å². The van der Waals surface area contributed by atoms with Crippen LogP contribution in [0.2, 0.25) is 0 Å². The summed E-state index contributed by atoms with van der Waals surface area (Å²) in [5.41, 5.74) is 0. The van der Waals surface area contributed by atoms with Crippen LogP contribution < -0.4 is 17.1 Å². The van der Waals surface area contributed by atoms with E-state index in [1.807, 2.05) is 30.3 Å². The Kier molecular flexibility index (Phi) is 18.8. The van der Waals surface area contributed by atoms with Crippen molar-refractivity contribution in [2.45, 2.75) is 97.8 Å². The van der Waals surface area contributed by atoms with Gasteiger partial charge in [-0.25, -0.2) is 0 Å². The second-order valence-electron chi connectivity index (χ2n) is 8.42. The molecule has 0 aliphatic heterocycles. The van der Waals surface area contributed by atoms with Gasteiger partial charge in [0.05, 0.1) is 32.8 Å². The third-order valence-electron chi connectivity index (χ3n) is 6.55. The minimum atomic E-state index is 0. The quantitative estimate of drug-likeness (QED) is 0.232. The van der Waals surface area contributed by atoms with Gasteiger partial charge in [0.2, 0.25) is 0 Å². The van der Waals surface area contributed by atoms with Gasteiger partial charge in [0, 0.05) is 0 Å². The third kappa shape index (κ3) is 14.0. The average Bonchev–Trinajstić information content (AvgIpc) is 2.75. The predicted molar refractivity (Wildman–Crippen MR) is 124 cm³/mol. The van der Waals surface area contributed by atoms with Crippen LogP contribution in [-0.2, 0) is 0 Å². The van der Waals surface area contributed by atoms with Crippen molar-refractivity contribution in [1.29, 1.82) is 0 Å². The zero-order valence-electron chi connectivity index (χ0n) is 19.6. The molecule has 29 heavy (non-hydrogen) atoms. The maximum Gasteiger partial charge on any atom is 0.119 e. The summed E-state index contributed by atoms with van der Waals surface area (Å²) in [7, 11) is 0. The first-order valence-electron chi connectivity index (χ1n) is 12.3. The number of halogens is 1. The van der Waals surface area contributed by atoms with Gasteiger partial charge < -0.3 is 21.6 Å². The van der Waals surface area contributed by atoms with Gasteiger partial charge in [0.1, 0.15) is 5.75 Å². The lowest BCUT2D eigenvalue weighted by Crippen LogP contribution is -3.00. The molecule has 0 N–H and O–H groups in total. The molecule has 0 aliphatic carbocycles. The Labute approximate surface area is 188 Å². The van der Waals surface area contributed by atoms with Crippen molar-refractivity contribution in [3.63, 3.8) is 0 Å². The van der Waals surface area contributed by atoms with Crippen LogP contribution in [-0.4, -0.2) is 37.3 Å². The van der Waals surface area contributed by atoms with Crippen LogP contribution >= 0.6 is 0 Å². The van der Waals surface area contributed by atoms with Crippen LogP contribution in [0.15, 0.2) is 30.3 Å². The van der Waals surface area contributed by atoms with Crippen molar-refractivity contribution in [1.82, 2.24) is 0 Å². The number of para-hydroxylation sites is 1. The van der Waals surface area contributed by atoms with Gasteiger partial charge in [-0.1, -0.05) is 76.0 Å². The van der Waals surface area contributed by atoms with E-state index < -0.39 is 0 Å². The van der Waals surface area contributed by atoms with E-state index in [4.69, 9.17) is 4.74 Å². The number of nitrogens with zero attached hydrogens (tertiary/aromatic N) is 1. The molecule has 3 heteroatoms. The average molecular weight is 426 g/mol. The first-order valence-corrected chi connectivity index (χ1v) is 12.3. The van der Waals surface area contributed by atoms with E-state index in [1.54, 1.807) is 0 Å². The normalized spacial score (nSPS) is 11.3. The lowest BCUT2D eigenvalue weighted by Gasteiger charge is -2.35. The summed E-state index contributed by atoms with van der Waals surface area (Å²) in [5.74, 6) is 1.00. The van der Waals surface area contributed by atoms with Crippen molar-refractivity contribution >= 4 is 0 Å². The molecule has 0 heterocycles. The molecule has 170 valence electrons. The Morgan fingerprint density at radius 1 is 0.586 bits per heavy atom. The lowest BCUT2D eigenvalue weighted by molar-refractivity contribution is -0.923. The molecule has 1 aromatic rings. The van der Waals surface area contributed by atoms with E-state index in [9.17, 15) is 0 Å². The first kappa shape index (κ1) is 28.3. The zero-order chi connectivity index (χ0) is 20.3. The van der Waals surface area contributed by atoms with Gasteiger partial charge in [-0.3, -0.25) is 0 Å². The van der Waals surface area contributed by atoms with Crippen LogP contribution in [0.1, 0.15) is 97.8 Å². The molecule has 0 saturated carbocycles. The minimum absolute atomic E-state index is 0. The standard InChI is InChI=1S/C26H48NO.ClH/c1-4-27(5-2,6-3)24-20-15-13-11-9-7-8-10-12-14-16-21-25-28-26-22-18-17-19-23-26;/h17-19,22-23H,4-16,20-21,24-25H2,1-3H3;1H/q+1;/p-1. The molecule has 0 unspecified atom stereocenters. The van der Waals surface area contributed by atoms with Gasteiger partial charge in [-0.2, -0.15) is 0 Å². The highest BCUT2D eigenvalue weighted by Gasteiger charge is 2.19. The van der Waals surface area contributed by atoms with Gasteiger partial charge in [0.15, 0.2) is 0 Å². The molecule has 0 fully saturated rings. The molecule has 0 aromatic heterocycles. The molecule has 0 spiro atoms. The first-order chi connectivity index (χ1) is 13.8. The molecule has 1 rings (SSSR count). The maximum atomic E-state index is 5.74. The fourth-order valence-electron chi connectivity index (χ4n) is 4.17. The van der Waals surface area contributed by atoms with Crippen molar-refractivity contribution in [3.8, 4) is 5.75 Å². The smallest absolute Gasteiger partial charge is 0.119 e. The van der Waals surface area contributed by atoms with Crippen molar-refractivity contribution in [3.05, 3.63) is 30.3 Å². The van der Waals surface area contributed by atoms with Gasteiger partial charge in [-0.05, 0) is 52.2 Å². The summed E-state index contributed by atoms with van der Waals surface area (Å²) < 4.78 is 7.06. The highest BCUT2D eigenvalue weighted by atomic mass is 35.5. The molecule has 0 radical (unpaired) electrons. The number of benzene rings is 1. The van der Waals surface area contributed by atoms with Crippen LogP contribution in [0.25, 0.3) is 0 Å². The lowest BCUT2D eigenvalue weighted by atomic mass is 10.0. The van der Waals surface area contributed by atoms with Crippen LogP contribution in [0.3, 0.4) is 0 Å². The zero-order valence-corrected chi connectivity index (χ0v) is 20.4. The summed E-state index contributed by atoms with van der Waals surface area (Å²) in [4.78, 5) is 0. The van der Waals surface area contributed by atoms with Gasteiger partial charge in [0.25, 0.3) is 0 Å². The molecular weight excluding hydrogens is 378 g/mol. The predicted octanol–water partition coefficient (Wildman–Crippen LogP) is 4.63. The summed E-state index contributed by atoms with van der Waals surface area (Å²) in [6.07, 6.45) is 16.7. The van der Waals surface area contributed by atoms with Crippen molar-refractivity contribution < 1.29 is 21.6 Å². The fourth-order valence-corrected chi connectivity index (χ4v) is 4.17. The molecule has 2 nitrogen and oxygen atoms in total. The summed E-state index contributed by atoms with van der Waals surface area (Å²) in [6.45, 7) is 13.2.